The fourth-order valence-corrected chi connectivity index (χ4v) is 5.71. The molecule has 0 spiro atoms. The lowest BCUT2D eigenvalue weighted by Gasteiger charge is -2.43. The van der Waals surface area contributed by atoms with Crippen molar-refractivity contribution in [1.29, 1.82) is 0 Å². The Bertz CT molecular complexity index is 756. The van der Waals surface area contributed by atoms with Gasteiger partial charge in [0.25, 0.3) is 0 Å². The number of carbonyl (C=O) groups excluding carboxylic acids is 3. The number of likely N-dealkylation sites (N-methyl/N-ethyl adjacent to an activating group) is 1. The fourth-order valence-electron chi connectivity index (χ4n) is 5.71. The summed E-state index contributed by atoms with van der Waals surface area (Å²) in [5.41, 5.74) is 0. The van der Waals surface area contributed by atoms with E-state index in [9.17, 15) is 19.5 Å². The Balaban J connectivity index is 2.36. The monoisotopic (exact) mass is 511 g/mol. The Morgan fingerprint density at radius 1 is 1.00 bits per heavy atom. The molecule has 2 aliphatic heterocycles. The van der Waals surface area contributed by atoms with Crippen LogP contribution in [0.4, 0.5) is 0 Å². The molecule has 0 saturated carbocycles. The number of aliphatic hydroxyl groups excluding tert-OH is 1. The molecule has 8 heteroatoms. The number of aliphatic hydroxyl groups is 1. The average Bonchev–Trinajstić information content (AvgIpc) is 2.83. The van der Waals surface area contributed by atoms with E-state index < -0.39 is 36.3 Å². The van der Waals surface area contributed by atoms with Crippen LogP contribution in [0.5, 0.6) is 0 Å². The number of rotatable bonds is 4. The number of esters is 1. The number of hydrogen-bond donors (Lipinski definition) is 1. The molecule has 2 rings (SSSR count). The summed E-state index contributed by atoms with van der Waals surface area (Å²) in [5, 5.41) is 11.0. The first kappa shape index (κ1) is 30.9. The molecule has 2 heterocycles. The molecule has 0 aromatic rings. The lowest BCUT2D eigenvalue weighted by atomic mass is 9.80. The highest BCUT2D eigenvalue weighted by Crippen LogP contribution is 2.33. The van der Waals surface area contributed by atoms with Crippen LogP contribution in [0, 0.1) is 29.6 Å². The second-order valence-electron chi connectivity index (χ2n) is 11.6. The van der Waals surface area contributed by atoms with E-state index in [4.69, 9.17) is 14.2 Å². The first-order chi connectivity index (χ1) is 16.8. The highest BCUT2D eigenvalue weighted by Gasteiger charge is 2.43. The number of nitrogens with zero attached hydrogens (tertiary/aromatic N) is 1. The van der Waals surface area contributed by atoms with Crippen LogP contribution in [0.15, 0.2) is 0 Å². The van der Waals surface area contributed by atoms with Gasteiger partial charge in [-0.05, 0) is 65.5 Å². The standard InChI is InChI=1S/C28H49NO7/c1-10-23-15(2)11-12-22(30)16(3)13-17(4)26(19(6)24(31)20(7)27(33)35-23)36-28-25(32)21(29(8)9)14-18(5)34-28/h15-21,23,25-26,28,32H,10-14H2,1-9H3/t15-,16-,17+,18-,19+,20-,21+,23-,25-,26+,28+/m1/s1. The van der Waals surface area contributed by atoms with Crippen molar-refractivity contribution in [3.05, 3.63) is 0 Å². The van der Waals surface area contributed by atoms with Crippen molar-refractivity contribution in [2.75, 3.05) is 14.1 Å². The summed E-state index contributed by atoms with van der Waals surface area (Å²) in [4.78, 5) is 41.4. The molecule has 2 saturated heterocycles. The minimum atomic E-state index is -0.938. The largest absolute Gasteiger partial charge is 0.462 e. The number of ketones is 2. The van der Waals surface area contributed by atoms with Crippen LogP contribution in [-0.4, -0.2) is 78.4 Å². The van der Waals surface area contributed by atoms with Crippen molar-refractivity contribution in [3.8, 4) is 0 Å². The van der Waals surface area contributed by atoms with Gasteiger partial charge in [-0.15, -0.1) is 0 Å². The summed E-state index contributed by atoms with van der Waals surface area (Å²) in [6, 6.07) is -0.152. The van der Waals surface area contributed by atoms with E-state index in [-0.39, 0.29) is 47.6 Å². The topological polar surface area (TPSA) is 102 Å². The second-order valence-corrected chi connectivity index (χ2v) is 11.6. The van der Waals surface area contributed by atoms with Crippen molar-refractivity contribution in [2.24, 2.45) is 29.6 Å². The lowest BCUT2D eigenvalue weighted by Crippen LogP contribution is -2.56. The van der Waals surface area contributed by atoms with Crippen molar-refractivity contribution in [1.82, 2.24) is 4.90 Å². The van der Waals surface area contributed by atoms with Gasteiger partial charge in [-0.25, -0.2) is 0 Å². The van der Waals surface area contributed by atoms with Crippen LogP contribution in [0.25, 0.3) is 0 Å². The van der Waals surface area contributed by atoms with Crippen LogP contribution < -0.4 is 0 Å². The molecule has 0 aromatic heterocycles. The highest BCUT2D eigenvalue weighted by molar-refractivity contribution is 6.00. The summed E-state index contributed by atoms with van der Waals surface area (Å²) < 4.78 is 18.1. The maximum atomic E-state index is 13.5. The smallest absolute Gasteiger partial charge is 0.316 e. The molecule has 2 aliphatic rings. The van der Waals surface area contributed by atoms with Gasteiger partial charge in [0.1, 0.15) is 23.9 Å². The SMILES string of the molecule is CC[C@H]1OC(=O)[C@H](C)C(=O)[C@H](C)[C@@H](O[C@@H]2O[C@H](C)C[C@H](N(C)C)[C@H]2O)[C@@H](C)C[C@@H](C)C(=O)CC[C@H]1C. The van der Waals surface area contributed by atoms with E-state index in [1.54, 1.807) is 13.8 Å². The molecule has 0 aromatic carbocycles. The molecule has 0 aliphatic carbocycles. The zero-order valence-corrected chi connectivity index (χ0v) is 23.7. The highest BCUT2D eigenvalue weighted by atomic mass is 16.7. The van der Waals surface area contributed by atoms with E-state index >= 15 is 0 Å². The van der Waals surface area contributed by atoms with E-state index in [0.717, 1.165) is 0 Å². The van der Waals surface area contributed by atoms with Crippen LogP contribution in [-0.2, 0) is 28.6 Å². The molecule has 8 nitrogen and oxygen atoms in total. The molecule has 1 N–H and O–H groups in total. The quantitative estimate of drug-likeness (QED) is 0.451. The minimum Gasteiger partial charge on any atom is -0.462 e. The fraction of sp³-hybridized carbons (Fsp3) is 0.893. The molecule has 0 unspecified atom stereocenters. The van der Waals surface area contributed by atoms with Crippen molar-refractivity contribution in [2.45, 2.75) is 117 Å². The van der Waals surface area contributed by atoms with Crippen LogP contribution in [0.2, 0.25) is 0 Å². The van der Waals surface area contributed by atoms with Crippen molar-refractivity contribution >= 4 is 17.5 Å². The second kappa shape index (κ2) is 13.4. The summed E-state index contributed by atoms with van der Waals surface area (Å²) >= 11 is 0. The number of Topliss-reactive ketones (excluding diaryl/α,β-unsaturated/α-hetero) is 2. The number of carbonyl (C=O) groups is 3. The van der Waals surface area contributed by atoms with Gasteiger partial charge in [-0.2, -0.15) is 0 Å². The van der Waals surface area contributed by atoms with E-state index in [1.807, 2.05) is 53.6 Å². The van der Waals surface area contributed by atoms with E-state index in [1.165, 1.54) is 0 Å². The molecule has 0 radical (unpaired) electrons. The summed E-state index contributed by atoms with van der Waals surface area (Å²) in [6.07, 6.45) is -0.0389. The van der Waals surface area contributed by atoms with Gasteiger partial charge in [0.15, 0.2) is 12.1 Å². The first-order valence-corrected chi connectivity index (χ1v) is 13.7. The molecule has 0 bridgehead atoms. The third-order valence-corrected chi connectivity index (χ3v) is 8.28. The molecular formula is C28H49NO7. The van der Waals surface area contributed by atoms with Crippen molar-refractivity contribution in [3.63, 3.8) is 0 Å². The molecule has 11 atom stereocenters. The molecule has 36 heavy (non-hydrogen) atoms. The number of cyclic esters (lactones) is 1. The zero-order valence-electron chi connectivity index (χ0n) is 23.7. The van der Waals surface area contributed by atoms with Gasteiger partial charge in [0, 0.05) is 24.3 Å². The average molecular weight is 512 g/mol. The summed E-state index contributed by atoms with van der Waals surface area (Å²) in [5.74, 6) is -2.59. The van der Waals surface area contributed by atoms with Gasteiger partial charge in [-0.1, -0.05) is 34.6 Å². The Morgan fingerprint density at radius 2 is 1.64 bits per heavy atom. The van der Waals surface area contributed by atoms with Crippen molar-refractivity contribution < 1.29 is 33.7 Å². The van der Waals surface area contributed by atoms with Crippen LogP contribution in [0.3, 0.4) is 0 Å². The molecular weight excluding hydrogens is 462 g/mol. The van der Waals surface area contributed by atoms with Gasteiger partial charge >= 0.3 is 5.97 Å². The van der Waals surface area contributed by atoms with E-state index in [2.05, 4.69) is 0 Å². The first-order valence-electron chi connectivity index (χ1n) is 13.7. The minimum absolute atomic E-state index is 0.0304. The predicted molar refractivity (Wildman–Crippen MR) is 137 cm³/mol. The number of ether oxygens (including phenoxy) is 3. The zero-order chi connectivity index (χ0) is 27.3. The molecule has 2 fully saturated rings. The Labute approximate surface area is 217 Å². The number of hydrogen-bond acceptors (Lipinski definition) is 8. The van der Waals surface area contributed by atoms with Gasteiger partial charge in [0.2, 0.25) is 0 Å². The Morgan fingerprint density at radius 3 is 2.22 bits per heavy atom. The maximum absolute atomic E-state index is 13.5. The predicted octanol–water partition coefficient (Wildman–Crippen LogP) is 3.62. The summed E-state index contributed by atoms with van der Waals surface area (Å²) in [7, 11) is 3.81. The molecule has 208 valence electrons. The molecule has 0 amide bonds. The van der Waals surface area contributed by atoms with Gasteiger partial charge in [-0.3, -0.25) is 14.4 Å². The van der Waals surface area contributed by atoms with Crippen LogP contribution in [0.1, 0.15) is 80.6 Å². The van der Waals surface area contributed by atoms with E-state index in [0.29, 0.717) is 32.1 Å². The third-order valence-electron chi connectivity index (χ3n) is 8.28. The lowest BCUT2D eigenvalue weighted by molar-refractivity contribution is -0.278. The third kappa shape index (κ3) is 7.59. The summed E-state index contributed by atoms with van der Waals surface area (Å²) in [6.45, 7) is 13.1. The Kier molecular flexibility index (Phi) is 11.5. The van der Waals surface area contributed by atoms with Gasteiger partial charge in [0.05, 0.1) is 12.2 Å². The van der Waals surface area contributed by atoms with Gasteiger partial charge < -0.3 is 24.2 Å². The normalized spacial score (nSPS) is 42.2. The van der Waals surface area contributed by atoms with Crippen LogP contribution >= 0.6 is 0 Å². The maximum Gasteiger partial charge on any atom is 0.316 e. The Hall–Kier alpha value is -1.35.